The highest BCUT2D eigenvalue weighted by Gasteiger charge is 2.03. The van der Waals surface area contributed by atoms with Gasteiger partial charge in [0, 0.05) is 25.7 Å². The number of hydrogen-bond donors (Lipinski definition) is 2. The van der Waals surface area contributed by atoms with Gasteiger partial charge < -0.3 is 15.4 Å². The van der Waals surface area contributed by atoms with E-state index in [1.165, 1.54) is 12.8 Å². The molecule has 4 nitrogen and oxygen atoms in total. The summed E-state index contributed by atoms with van der Waals surface area (Å²) in [6.45, 7) is 8.02. The zero-order chi connectivity index (χ0) is 15.3. The molecule has 0 saturated heterocycles. The average molecular weight is 289 g/mol. The van der Waals surface area contributed by atoms with E-state index in [0.29, 0.717) is 13.2 Å². The molecule has 0 aliphatic carbocycles. The van der Waals surface area contributed by atoms with Crippen LogP contribution in [0.15, 0.2) is 41.9 Å². The standard InChI is InChI=1S/C17H27N3O/c1-4-6-9-12-19-17(18-3)20-14-15-10-7-8-11-16(15)21-13-5-2/h5,7-8,10-11H,2,4,6,9,12-14H2,1,3H3,(H2,18,19,20). The molecule has 1 rings (SSSR count). The number of para-hydroxylation sites is 1. The lowest BCUT2D eigenvalue weighted by atomic mass is 10.2. The largest absolute Gasteiger partial charge is 0.489 e. The van der Waals surface area contributed by atoms with Crippen LogP contribution in [-0.4, -0.2) is 26.2 Å². The van der Waals surface area contributed by atoms with Gasteiger partial charge in [0.25, 0.3) is 0 Å². The SMILES string of the molecule is C=CCOc1ccccc1CNC(=NC)NCCCCC. The average Bonchev–Trinajstić information content (AvgIpc) is 2.53. The molecule has 0 bridgehead atoms. The van der Waals surface area contributed by atoms with Gasteiger partial charge >= 0.3 is 0 Å². The van der Waals surface area contributed by atoms with Crippen molar-refractivity contribution in [1.29, 1.82) is 0 Å². The van der Waals surface area contributed by atoms with Crippen LogP contribution >= 0.6 is 0 Å². The predicted octanol–water partition coefficient (Wildman–Crippen LogP) is 3.11. The first-order valence-corrected chi connectivity index (χ1v) is 7.58. The van der Waals surface area contributed by atoms with E-state index in [9.17, 15) is 0 Å². The number of guanidine groups is 1. The molecule has 1 aromatic rings. The molecule has 0 heterocycles. The molecule has 0 radical (unpaired) electrons. The van der Waals surface area contributed by atoms with Gasteiger partial charge in [-0.1, -0.05) is 50.6 Å². The first-order chi connectivity index (χ1) is 10.3. The normalized spacial score (nSPS) is 11.0. The third kappa shape index (κ3) is 6.84. The topological polar surface area (TPSA) is 45.6 Å². The van der Waals surface area contributed by atoms with E-state index in [2.05, 4.69) is 35.2 Å². The summed E-state index contributed by atoms with van der Waals surface area (Å²) in [5, 5.41) is 6.63. The van der Waals surface area contributed by atoms with Crippen molar-refractivity contribution in [1.82, 2.24) is 10.6 Å². The molecule has 1 aromatic carbocycles. The van der Waals surface area contributed by atoms with Gasteiger partial charge in [-0.15, -0.1) is 0 Å². The van der Waals surface area contributed by atoms with Crippen molar-refractivity contribution in [2.24, 2.45) is 4.99 Å². The van der Waals surface area contributed by atoms with Gasteiger partial charge in [-0.2, -0.15) is 0 Å². The fraction of sp³-hybridized carbons (Fsp3) is 0.471. The van der Waals surface area contributed by atoms with Crippen molar-refractivity contribution < 1.29 is 4.74 Å². The number of unbranched alkanes of at least 4 members (excludes halogenated alkanes) is 2. The van der Waals surface area contributed by atoms with Gasteiger partial charge in [0.05, 0.1) is 0 Å². The third-order valence-corrected chi connectivity index (χ3v) is 3.07. The van der Waals surface area contributed by atoms with Gasteiger partial charge in [-0.3, -0.25) is 4.99 Å². The second-order valence-electron chi connectivity index (χ2n) is 4.77. The van der Waals surface area contributed by atoms with E-state index in [1.807, 2.05) is 18.2 Å². The van der Waals surface area contributed by atoms with Crippen LogP contribution in [0.4, 0.5) is 0 Å². The van der Waals surface area contributed by atoms with E-state index < -0.39 is 0 Å². The summed E-state index contributed by atoms with van der Waals surface area (Å²) < 4.78 is 5.65. The number of nitrogens with one attached hydrogen (secondary N) is 2. The zero-order valence-corrected chi connectivity index (χ0v) is 13.2. The Bertz CT molecular complexity index is 443. The molecule has 0 aromatic heterocycles. The van der Waals surface area contributed by atoms with Crippen LogP contribution in [0, 0.1) is 0 Å². The Hall–Kier alpha value is -1.97. The van der Waals surface area contributed by atoms with Crippen molar-refractivity contribution in [3.8, 4) is 5.75 Å². The molecule has 0 spiro atoms. The Kier molecular flexibility index (Phi) is 8.76. The van der Waals surface area contributed by atoms with Crippen LogP contribution in [0.3, 0.4) is 0 Å². The lowest BCUT2D eigenvalue weighted by Gasteiger charge is -2.14. The second-order valence-corrected chi connectivity index (χ2v) is 4.77. The quantitative estimate of drug-likeness (QED) is 0.318. The highest BCUT2D eigenvalue weighted by Crippen LogP contribution is 2.17. The molecule has 0 unspecified atom stereocenters. The Morgan fingerprint density at radius 1 is 1.29 bits per heavy atom. The van der Waals surface area contributed by atoms with Gasteiger partial charge in [-0.05, 0) is 12.5 Å². The molecular weight excluding hydrogens is 262 g/mol. The van der Waals surface area contributed by atoms with Crippen molar-refractivity contribution >= 4 is 5.96 Å². The Balaban J connectivity index is 2.47. The molecule has 21 heavy (non-hydrogen) atoms. The van der Waals surface area contributed by atoms with E-state index in [0.717, 1.165) is 30.2 Å². The number of benzene rings is 1. The number of aliphatic imine (C=N–C) groups is 1. The van der Waals surface area contributed by atoms with E-state index in [-0.39, 0.29) is 0 Å². The van der Waals surface area contributed by atoms with Crippen molar-refractivity contribution in [3.63, 3.8) is 0 Å². The molecule has 2 N–H and O–H groups in total. The van der Waals surface area contributed by atoms with Crippen LogP contribution in [0.5, 0.6) is 5.75 Å². The zero-order valence-electron chi connectivity index (χ0n) is 13.2. The second kappa shape index (κ2) is 10.8. The van der Waals surface area contributed by atoms with Crippen LogP contribution in [0.1, 0.15) is 31.7 Å². The fourth-order valence-corrected chi connectivity index (χ4v) is 1.92. The van der Waals surface area contributed by atoms with Gasteiger partial charge in [0.2, 0.25) is 0 Å². The van der Waals surface area contributed by atoms with Crippen molar-refractivity contribution in [2.45, 2.75) is 32.7 Å². The summed E-state index contributed by atoms with van der Waals surface area (Å²) in [7, 11) is 1.79. The summed E-state index contributed by atoms with van der Waals surface area (Å²) in [6, 6.07) is 8.00. The maximum atomic E-state index is 5.65. The lowest BCUT2D eigenvalue weighted by molar-refractivity contribution is 0.358. The molecule has 0 fully saturated rings. The first-order valence-electron chi connectivity index (χ1n) is 7.58. The number of nitrogens with zero attached hydrogens (tertiary/aromatic N) is 1. The lowest BCUT2D eigenvalue weighted by Crippen LogP contribution is -2.37. The number of ether oxygens (including phenoxy) is 1. The summed E-state index contributed by atoms with van der Waals surface area (Å²) >= 11 is 0. The van der Waals surface area contributed by atoms with Crippen LogP contribution in [-0.2, 0) is 6.54 Å². The Morgan fingerprint density at radius 3 is 2.81 bits per heavy atom. The molecule has 116 valence electrons. The van der Waals surface area contributed by atoms with Gasteiger partial charge in [-0.25, -0.2) is 0 Å². The Labute approximate surface area is 128 Å². The van der Waals surface area contributed by atoms with Crippen molar-refractivity contribution in [3.05, 3.63) is 42.5 Å². The molecule has 0 aliphatic heterocycles. The maximum Gasteiger partial charge on any atom is 0.191 e. The van der Waals surface area contributed by atoms with E-state index >= 15 is 0 Å². The molecule has 0 aliphatic rings. The van der Waals surface area contributed by atoms with E-state index in [1.54, 1.807) is 13.1 Å². The minimum Gasteiger partial charge on any atom is -0.489 e. The first kappa shape index (κ1) is 17.1. The highest BCUT2D eigenvalue weighted by molar-refractivity contribution is 5.79. The summed E-state index contributed by atoms with van der Waals surface area (Å²) in [5.74, 6) is 1.70. The maximum absolute atomic E-state index is 5.65. The van der Waals surface area contributed by atoms with Crippen LogP contribution in [0.2, 0.25) is 0 Å². The summed E-state index contributed by atoms with van der Waals surface area (Å²) in [4.78, 5) is 4.23. The minimum atomic E-state index is 0.515. The summed E-state index contributed by atoms with van der Waals surface area (Å²) in [6.07, 6.45) is 5.37. The van der Waals surface area contributed by atoms with Gasteiger partial charge in [0.15, 0.2) is 5.96 Å². The number of hydrogen-bond acceptors (Lipinski definition) is 2. The van der Waals surface area contributed by atoms with Crippen molar-refractivity contribution in [2.75, 3.05) is 20.2 Å². The Morgan fingerprint density at radius 2 is 2.10 bits per heavy atom. The fourth-order valence-electron chi connectivity index (χ4n) is 1.92. The number of rotatable bonds is 9. The molecule has 4 heteroatoms. The molecule has 0 saturated carbocycles. The molecular formula is C17H27N3O. The predicted molar refractivity (Wildman–Crippen MR) is 89.9 cm³/mol. The smallest absolute Gasteiger partial charge is 0.191 e. The highest BCUT2D eigenvalue weighted by atomic mass is 16.5. The third-order valence-electron chi connectivity index (χ3n) is 3.07. The van der Waals surface area contributed by atoms with Crippen LogP contribution < -0.4 is 15.4 Å². The van der Waals surface area contributed by atoms with Gasteiger partial charge in [0.1, 0.15) is 12.4 Å². The summed E-state index contributed by atoms with van der Waals surface area (Å²) in [5.41, 5.74) is 1.11. The molecule has 0 amide bonds. The van der Waals surface area contributed by atoms with Crippen LogP contribution in [0.25, 0.3) is 0 Å². The monoisotopic (exact) mass is 289 g/mol. The molecule has 0 atom stereocenters. The minimum absolute atomic E-state index is 0.515. The van der Waals surface area contributed by atoms with E-state index in [4.69, 9.17) is 4.74 Å².